The maximum atomic E-state index is 6.47. The van der Waals surface area contributed by atoms with Crippen LogP contribution in [0.5, 0.6) is 0 Å². The summed E-state index contributed by atoms with van der Waals surface area (Å²) in [4.78, 5) is 18.1. The fraction of sp³-hybridized carbons (Fsp3) is 0.227. The van der Waals surface area contributed by atoms with E-state index in [0.717, 1.165) is 63.6 Å². The molecule has 2 aromatic heterocycles. The van der Waals surface area contributed by atoms with Gasteiger partial charge in [0.2, 0.25) is 0 Å². The van der Waals surface area contributed by atoms with Crippen LogP contribution in [-0.4, -0.2) is 41.1 Å². The van der Waals surface area contributed by atoms with Crippen molar-refractivity contribution in [2.45, 2.75) is 6.92 Å². The van der Waals surface area contributed by atoms with Crippen LogP contribution in [0.3, 0.4) is 0 Å². The van der Waals surface area contributed by atoms with Crippen LogP contribution in [0.2, 0.25) is 5.02 Å². The minimum absolute atomic E-state index is 0.537. The van der Waals surface area contributed by atoms with Crippen molar-refractivity contribution in [1.29, 1.82) is 0 Å². The third-order valence-corrected chi connectivity index (χ3v) is 6.63. The molecular weight excluding hydrogens is 430 g/mol. The number of fused-ring (bicyclic) bond motifs is 1. The van der Waals surface area contributed by atoms with Crippen LogP contribution in [-0.2, 0) is 0 Å². The molecule has 0 saturated carbocycles. The van der Waals surface area contributed by atoms with E-state index in [4.69, 9.17) is 22.3 Å². The molecule has 5 rings (SSSR count). The monoisotopic (exact) mass is 451 g/mol. The standard InChI is InChI=1S/C22H22ClN7S/c1-14-4-2-7-17-19(14)27-22(31-17)28-20-18(24)21(26-13-25-20)30-10-8-29(9-11-30)16-6-3-5-15(23)12-16/h2-7,12-13H,8-11,24H2,1H3,(H,25,26,27,28). The van der Waals surface area contributed by atoms with Crippen LogP contribution in [0.4, 0.5) is 28.1 Å². The van der Waals surface area contributed by atoms with Gasteiger partial charge >= 0.3 is 0 Å². The average Bonchev–Trinajstić information content (AvgIpc) is 3.19. The SMILES string of the molecule is Cc1cccc2sc(Nc3ncnc(N4CCN(c5cccc(Cl)c5)CC4)c3N)nc12. The second-order valence-corrected chi connectivity index (χ2v) is 8.95. The molecule has 1 aliphatic heterocycles. The third-order valence-electron chi connectivity index (χ3n) is 5.46. The number of nitrogens with zero attached hydrogens (tertiary/aromatic N) is 5. The van der Waals surface area contributed by atoms with Crippen molar-refractivity contribution < 1.29 is 0 Å². The van der Waals surface area contributed by atoms with Gasteiger partial charge in [0, 0.05) is 36.9 Å². The molecule has 1 saturated heterocycles. The summed E-state index contributed by atoms with van der Waals surface area (Å²) in [5, 5.41) is 4.81. The Kier molecular flexibility index (Phi) is 5.25. The first-order chi connectivity index (χ1) is 15.1. The Labute approximate surface area is 189 Å². The van der Waals surface area contributed by atoms with E-state index in [2.05, 4.69) is 50.2 Å². The number of anilines is 5. The van der Waals surface area contributed by atoms with Gasteiger partial charge in [-0.3, -0.25) is 0 Å². The van der Waals surface area contributed by atoms with Crippen molar-refractivity contribution in [2.75, 3.05) is 47.0 Å². The molecule has 3 heterocycles. The van der Waals surface area contributed by atoms with E-state index in [9.17, 15) is 0 Å². The predicted octanol–water partition coefficient (Wildman–Crippen LogP) is 4.70. The molecule has 0 bridgehead atoms. The highest BCUT2D eigenvalue weighted by atomic mass is 35.5. The number of rotatable bonds is 4. The molecule has 158 valence electrons. The van der Waals surface area contributed by atoms with E-state index in [1.807, 2.05) is 24.3 Å². The summed E-state index contributed by atoms with van der Waals surface area (Å²) in [5.74, 6) is 1.33. The fourth-order valence-corrected chi connectivity index (χ4v) is 4.96. The lowest BCUT2D eigenvalue weighted by Gasteiger charge is -2.37. The van der Waals surface area contributed by atoms with Crippen LogP contribution in [0.15, 0.2) is 48.8 Å². The van der Waals surface area contributed by atoms with Gasteiger partial charge in [-0.25, -0.2) is 15.0 Å². The van der Waals surface area contributed by atoms with E-state index < -0.39 is 0 Å². The number of benzene rings is 2. The Hall–Kier alpha value is -3.10. The number of nitrogens with two attached hydrogens (primary N) is 1. The van der Waals surface area contributed by atoms with E-state index in [1.165, 1.54) is 0 Å². The molecule has 0 aliphatic carbocycles. The molecule has 7 nitrogen and oxygen atoms in total. The van der Waals surface area contributed by atoms with Gasteiger partial charge in [-0.2, -0.15) is 0 Å². The van der Waals surface area contributed by atoms with Crippen LogP contribution in [0.25, 0.3) is 10.2 Å². The van der Waals surface area contributed by atoms with Crippen LogP contribution >= 0.6 is 22.9 Å². The van der Waals surface area contributed by atoms with E-state index in [1.54, 1.807) is 17.7 Å². The lowest BCUT2D eigenvalue weighted by Crippen LogP contribution is -2.47. The highest BCUT2D eigenvalue weighted by molar-refractivity contribution is 7.22. The van der Waals surface area contributed by atoms with Crippen molar-refractivity contribution in [3.8, 4) is 0 Å². The Morgan fingerprint density at radius 3 is 2.58 bits per heavy atom. The van der Waals surface area contributed by atoms with Crippen LogP contribution < -0.4 is 20.9 Å². The van der Waals surface area contributed by atoms with Gasteiger partial charge in [0.15, 0.2) is 16.8 Å². The molecule has 3 N–H and O–H groups in total. The fourth-order valence-electron chi connectivity index (χ4n) is 3.83. The molecule has 2 aromatic carbocycles. The zero-order chi connectivity index (χ0) is 21.4. The Balaban J connectivity index is 1.33. The molecule has 9 heteroatoms. The minimum Gasteiger partial charge on any atom is -0.393 e. The Morgan fingerprint density at radius 1 is 1.03 bits per heavy atom. The average molecular weight is 452 g/mol. The highest BCUT2D eigenvalue weighted by Crippen LogP contribution is 2.33. The number of para-hydroxylation sites is 1. The molecule has 1 fully saturated rings. The highest BCUT2D eigenvalue weighted by Gasteiger charge is 2.22. The first-order valence-corrected chi connectivity index (χ1v) is 11.3. The summed E-state index contributed by atoms with van der Waals surface area (Å²) in [6.07, 6.45) is 1.55. The third kappa shape index (κ3) is 3.96. The summed E-state index contributed by atoms with van der Waals surface area (Å²) in [7, 11) is 0. The molecule has 0 spiro atoms. The number of nitrogen functional groups attached to an aromatic ring is 1. The molecule has 0 atom stereocenters. The quantitative estimate of drug-likeness (QED) is 0.465. The van der Waals surface area contributed by atoms with Crippen molar-refractivity contribution >= 4 is 61.3 Å². The molecule has 31 heavy (non-hydrogen) atoms. The number of piperazine rings is 1. The Morgan fingerprint density at radius 2 is 1.81 bits per heavy atom. The van der Waals surface area contributed by atoms with Gasteiger partial charge in [0.25, 0.3) is 0 Å². The lowest BCUT2D eigenvalue weighted by molar-refractivity contribution is 0.647. The Bertz CT molecular complexity index is 1230. The van der Waals surface area contributed by atoms with Crippen molar-refractivity contribution in [2.24, 2.45) is 0 Å². The van der Waals surface area contributed by atoms with Crippen LogP contribution in [0.1, 0.15) is 5.56 Å². The second kappa shape index (κ2) is 8.20. The number of halogens is 1. The van der Waals surface area contributed by atoms with Crippen molar-refractivity contribution in [3.63, 3.8) is 0 Å². The zero-order valence-corrected chi connectivity index (χ0v) is 18.6. The van der Waals surface area contributed by atoms with E-state index in [0.29, 0.717) is 11.5 Å². The maximum absolute atomic E-state index is 6.47. The summed E-state index contributed by atoms with van der Waals surface area (Å²) in [6.45, 7) is 5.42. The number of thiazole rings is 1. The largest absolute Gasteiger partial charge is 0.393 e. The number of aryl methyl sites for hydroxylation is 1. The summed E-state index contributed by atoms with van der Waals surface area (Å²) >= 11 is 7.73. The first-order valence-electron chi connectivity index (χ1n) is 10.1. The maximum Gasteiger partial charge on any atom is 0.189 e. The number of hydrogen-bond acceptors (Lipinski definition) is 8. The molecular formula is C22H22ClN7S. The van der Waals surface area contributed by atoms with Gasteiger partial charge in [0.05, 0.1) is 10.2 Å². The van der Waals surface area contributed by atoms with Crippen molar-refractivity contribution in [3.05, 3.63) is 59.4 Å². The number of aromatic nitrogens is 3. The van der Waals surface area contributed by atoms with Gasteiger partial charge in [-0.05, 0) is 36.8 Å². The zero-order valence-electron chi connectivity index (χ0n) is 17.0. The summed E-state index contributed by atoms with van der Waals surface area (Å²) in [5.41, 5.74) is 10.3. The predicted molar refractivity (Wildman–Crippen MR) is 130 cm³/mol. The normalized spacial score (nSPS) is 14.3. The molecule has 4 aromatic rings. The van der Waals surface area contributed by atoms with E-state index >= 15 is 0 Å². The van der Waals surface area contributed by atoms with Gasteiger partial charge < -0.3 is 20.9 Å². The molecule has 0 radical (unpaired) electrons. The molecule has 0 unspecified atom stereocenters. The summed E-state index contributed by atoms with van der Waals surface area (Å²) < 4.78 is 1.13. The number of hydrogen-bond donors (Lipinski definition) is 2. The topological polar surface area (TPSA) is 83.2 Å². The van der Waals surface area contributed by atoms with Gasteiger partial charge in [-0.15, -0.1) is 0 Å². The second-order valence-electron chi connectivity index (χ2n) is 7.48. The lowest BCUT2D eigenvalue weighted by atomic mass is 10.2. The smallest absolute Gasteiger partial charge is 0.189 e. The molecule has 1 aliphatic rings. The van der Waals surface area contributed by atoms with Gasteiger partial charge in [-0.1, -0.05) is 41.1 Å². The summed E-state index contributed by atoms with van der Waals surface area (Å²) in [6, 6.07) is 14.1. The number of nitrogens with one attached hydrogen (secondary N) is 1. The van der Waals surface area contributed by atoms with Crippen molar-refractivity contribution in [1.82, 2.24) is 15.0 Å². The first kappa shape index (κ1) is 19.8. The minimum atomic E-state index is 0.537. The van der Waals surface area contributed by atoms with Gasteiger partial charge in [0.1, 0.15) is 12.0 Å². The van der Waals surface area contributed by atoms with E-state index in [-0.39, 0.29) is 0 Å². The van der Waals surface area contributed by atoms with Crippen LogP contribution in [0, 0.1) is 6.92 Å². The molecule has 0 amide bonds.